The number of rotatable bonds is 8. The van der Waals surface area contributed by atoms with Crippen LogP contribution in [0.3, 0.4) is 0 Å². The predicted octanol–water partition coefficient (Wildman–Crippen LogP) is 5.41. The molecule has 3 rings (SSSR count). The van der Waals surface area contributed by atoms with Gasteiger partial charge in [0.25, 0.3) is 0 Å². The maximum atomic E-state index is 12.1. The lowest BCUT2D eigenvalue weighted by Crippen LogP contribution is -2.42. The molecule has 1 N–H and O–H groups in total. The van der Waals surface area contributed by atoms with E-state index in [1.807, 2.05) is 89.8 Å². The number of carbonyl (C=O) groups is 1. The van der Waals surface area contributed by atoms with Crippen LogP contribution in [0.5, 0.6) is 0 Å². The summed E-state index contributed by atoms with van der Waals surface area (Å²) < 4.78 is 1.15. The van der Waals surface area contributed by atoms with E-state index < -0.39 is 12.0 Å². The van der Waals surface area contributed by atoms with E-state index in [1.165, 1.54) is 0 Å². The Labute approximate surface area is 186 Å². The Bertz CT molecular complexity index is 815. The van der Waals surface area contributed by atoms with Crippen LogP contribution in [0.1, 0.15) is 16.7 Å². The second kappa shape index (κ2) is 11.2. The number of carboxylic acids is 1. The average Bonchev–Trinajstić information content (AvgIpc) is 2.68. The molecular weight excluding hydrogens is 485 g/mol. The van der Waals surface area contributed by atoms with Crippen molar-refractivity contribution in [1.29, 1.82) is 0 Å². The van der Waals surface area contributed by atoms with Gasteiger partial charge in [-0.15, -0.1) is 12.4 Å². The first-order valence-electron chi connectivity index (χ1n) is 8.91. The molecule has 28 heavy (non-hydrogen) atoms. The highest BCUT2D eigenvalue weighted by molar-refractivity contribution is 14.1. The van der Waals surface area contributed by atoms with Crippen LogP contribution < -0.4 is 0 Å². The van der Waals surface area contributed by atoms with E-state index in [1.54, 1.807) is 0 Å². The van der Waals surface area contributed by atoms with Gasteiger partial charge in [-0.25, -0.2) is 0 Å². The molecule has 1 atom stereocenters. The van der Waals surface area contributed by atoms with Crippen LogP contribution in [0.15, 0.2) is 84.9 Å². The molecule has 0 spiro atoms. The lowest BCUT2D eigenvalue weighted by atomic mass is 10.0. The molecule has 0 heterocycles. The van der Waals surface area contributed by atoms with Crippen molar-refractivity contribution in [3.8, 4) is 0 Å². The van der Waals surface area contributed by atoms with Crippen LogP contribution >= 0.6 is 35.0 Å². The molecule has 0 saturated heterocycles. The summed E-state index contributed by atoms with van der Waals surface area (Å²) in [6, 6.07) is 27.6. The Morgan fingerprint density at radius 2 is 1.25 bits per heavy atom. The third-order valence-corrected chi connectivity index (χ3v) is 5.24. The molecule has 0 bridgehead atoms. The molecule has 0 radical (unpaired) electrons. The second-order valence-electron chi connectivity index (χ2n) is 6.56. The topological polar surface area (TPSA) is 40.5 Å². The van der Waals surface area contributed by atoms with Crippen LogP contribution in [0.2, 0.25) is 0 Å². The molecule has 3 aromatic rings. The quantitative estimate of drug-likeness (QED) is 0.415. The molecule has 0 aliphatic rings. The van der Waals surface area contributed by atoms with Crippen molar-refractivity contribution in [3.05, 3.63) is 105 Å². The van der Waals surface area contributed by atoms with Crippen molar-refractivity contribution in [1.82, 2.24) is 4.90 Å². The summed E-state index contributed by atoms with van der Waals surface area (Å²) >= 11 is 2.26. The molecule has 0 amide bonds. The molecule has 3 nitrogen and oxygen atoms in total. The van der Waals surface area contributed by atoms with Gasteiger partial charge in [-0.3, -0.25) is 9.69 Å². The van der Waals surface area contributed by atoms with Crippen molar-refractivity contribution in [2.45, 2.75) is 25.6 Å². The normalized spacial score (nSPS) is 11.6. The van der Waals surface area contributed by atoms with Gasteiger partial charge >= 0.3 is 5.97 Å². The SMILES string of the molecule is Cl.O=C(O)[C@H](Cc1ccc(I)cc1)N(Cc1ccccc1)Cc1ccccc1. The molecular formula is C23H23ClINO2. The van der Waals surface area contributed by atoms with Gasteiger partial charge in [-0.2, -0.15) is 0 Å². The Kier molecular flexibility index (Phi) is 8.96. The van der Waals surface area contributed by atoms with Crippen molar-refractivity contribution in [3.63, 3.8) is 0 Å². The number of hydrogen-bond acceptors (Lipinski definition) is 2. The van der Waals surface area contributed by atoms with E-state index in [0.29, 0.717) is 19.5 Å². The molecule has 0 aliphatic carbocycles. The standard InChI is InChI=1S/C23H22INO2.ClH/c24-21-13-11-18(12-14-21)15-22(23(26)27)25(16-19-7-3-1-4-8-19)17-20-9-5-2-6-10-20;/h1-14,22H,15-17H2,(H,26,27);1H/t22-;/m0./s1. The minimum atomic E-state index is -0.791. The van der Waals surface area contributed by atoms with Gasteiger partial charge in [0.15, 0.2) is 0 Å². The Morgan fingerprint density at radius 3 is 1.68 bits per heavy atom. The first-order valence-corrected chi connectivity index (χ1v) is 9.99. The number of hydrogen-bond donors (Lipinski definition) is 1. The summed E-state index contributed by atoms with van der Waals surface area (Å²) in [4.78, 5) is 14.2. The molecule has 5 heteroatoms. The Morgan fingerprint density at radius 1 is 0.786 bits per heavy atom. The molecule has 0 aliphatic heterocycles. The zero-order valence-electron chi connectivity index (χ0n) is 15.4. The molecule has 0 aromatic heterocycles. The van der Waals surface area contributed by atoms with Gasteiger partial charge in [-0.05, 0) is 57.8 Å². The third kappa shape index (κ3) is 6.62. The number of halogens is 2. The monoisotopic (exact) mass is 507 g/mol. The molecule has 3 aromatic carbocycles. The Hall–Kier alpha value is -1.89. The van der Waals surface area contributed by atoms with Gasteiger partial charge < -0.3 is 5.11 Å². The lowest BCUT2D eigenvalue weighted by molar-refractivity contribution is -0.143. The van der Waals surface area contributed by atoms with Crippen LogP contribution in [-0.4, -0.2) is 22.0 Å². The summed E-state index contributed by atoms with van der Waals surface area (Å²) in [6.45, 7) is 1.19. The highest BCUT2D eigenvalue weighted by atomic mass is 127. The smallest absolute Gasteiger partial charge is 0.321 e. The van der Waals surface area contributed by atoms with Crippen molar-refractivity contribution in [2.75, 3.05) is 0 Å². The first-order chi connectivity index (χ1) is 13.1. The summed E-state index contributed by atoms with van der Waals surface area (Å²) in [5, 5.41) is 9.97. The van der Waals surface area contributed by atoms with Gasteiger partial charge in [0.1, 0.15) is 6.04 Å². The van der Waals surface area contributed by atoms with Crippen molar-refractivity contribution in [2.24, 2.45) is 0 Å². The van der Waals surface area contributed by atoms with Crippen LogP contribution in [-0.2, 0) is 24.3 Å². The minimum Gasteiger partial charge on any atom is -0.480 e. The lowest BCUT2D eigenvalue weighted by Gasteiger charge is -2.29. The maximum absolute atomic E-state index is 12.1. The Balaban J connectivity index is 0.00000280. The average molecular weight is 508 g/mol. The van der Waals surface area contributed by atoms with Crippen LogP contribution in [0.25, 0.3) is 0 Å². The highest BCUT2D eigenvalue weighted by Gasteiger charge is 2.26. The molecule has 0 saturated carbocycles. The second-order valence-corrected chi connectivity index (χ2v) is 7.81. The third-order valence-electron chi connectivity index (χ3n) is 4.53. The van der Waals surface area contributed by atoms with Crippen molar-refractivity contribution >= 4 is 41.0 Å². The number of nitrogens with zero attached hydrogens (tertiary/aromatic N) is 1. The molecule has 0 fully saturated rings. The fraction of sp³-hybridized carbons (Fsp3) is 0.174. The largest absolute Gasteiger partial charge is 0.480 e. The van der Waals surface area contributed by atoms with E-state index in [9.17, 15) is 9.90 Å². The number of benzene rings is 3. The molecule has 146 valence electrons. The molecule has 0 unspecified atom stereocenters. The summed E-state index contributed by atoms with van der Waals surface area (Å²) in [5.74, 6) is -0.791. The van der Waals surface area contributed by atoms with E-state index in [0.717, 1.165) is 20.3 Å². The fourth-order valence-corrected chi connectivity index (χ4v) is 3.49. The highest BCUT2D eigenvalue weighted by Crippen LogP contribution is 2.18. The fourth-order valence-electron chi connectivity index (χ4n) is 3.13. The zero-order chi connectivity index (χ0) is 19.1. The van der Waals surface area contributed by atoms with E-state index in [-0.39, 0.29) is 12.4 Å². The van der Waals surface area contributed by atoms with E-state index in [4.69, 9.17) is 0 Å². The van der Waals surface area contributed by atoms with Gasteiger partial charge in [0.2, 0.25) is 0 Å². The van der Waals surface area contributed by atoms with Gasteiger partial charge in [-0.1, -0.05) is 72.8 Å². The van der Waals surface area contributed by atoms with Crippen LogP contribution in [0.4, 0.5) is 0 Å². The van der Waals surface area contributed by atoms with Gasteiger partial charge in [0, 0.05) is 16.7 Å². The van der Waals surface area contributed by atoms with Crippen LogP contribution in [0, 0.1) is 3.57 Å². The zero-order valence-corrected chi connectivity index (χ0v) is 18.3. The van der Waals surface area contributed by atoms with E-state index >= 15 is 0 Å². The first kappa shape index (κ1) is 22.4. The summed E-state index contributed by atoms with van der Waals surface area (Å²) in [5.41, 5.74) is 3.26. The van der Waals surface area contributed by atoms with Crippen molar-refractivity contribution < 1.29 is 9.90 Å². The predicted molar refractivity (Wildman–Crippen MR) is 124 cm³/mol. The summed E-state index contributed by atoms with van der Waals surface area (Å²) in [7, 11) is 0. The minimum absolute atomic E-state index is 0. The maximum Gasteiger partial charge on any atom is 0.321 e. The number of aliphatic carboxylic acids is 1. The van der Waals surface area contributed by atoms with Gasteiger partial charge in [0.05, 0.1) is 0 Å². The summed E-state index contributed by atoms with van der Waals surface area (Å²) in [6.07, 6.45) is 0.478. The number of carboxylic acid groups (broad SMARTS) is 1. The van der Waals surface area contributed by atoms with E-state index in [2.05, 4.69) is 22.6 Å².